The van der Waals surface area contributed by atoms with E-state index in [1.54, 1.807) is 35.0 Å². The molecule has 0 saturated heterocycles. The fourth-order valence-corrected chi connectivity index (χ4v) is 3.41. The third-order valence-electron chi connectivity index (χ3n) is 3.25. The fraction of sp³-hybridized carbons (Fsp3) is 0.0667. The van der Waals surface area contributed by atoms with E-state index < -0.39 is 0 Å². The second-order valence-electron chi connectivity index (χ2n) is 4.79. The van der Waals surface area contributed by atoms with Crippen molar-refractivity contribution in [1.82, 2.24) is 24.9 Å². The van der Waals surface area contributed by atoms with Crippen LogP contribution in [0.15, 0.2) is 47.5 Å². The van der Waals surface area contributed by atoms with Crippen molar-refractivity contribution in [3.05, 3.63) is 58.8 Å². The number of hydrogen-bond acceptors (Lipinski definition) is 7. The lowest BCUT2D eigenvalue weighted by Crippen LogP contribution is -2.23. The maximum atomic E-state index is 12.2. The summed E-state index contributed by atoms with van der Waals surface area (Å²) in [5, 5.41) is 11.3. The summed E-state index contributed by atoms with van der Waals surface area (Å²) >= 11 is 2.90. The monoisotopic (exact) mass is 357 g/mol. The van der Waals surface area contributed by atoms with Crippen LogP contribution in [0, 0.1) is 0 Å². The summed E-state index contributed by atoms with van der Waals surface area (Å²) in [6.07, 6.45) is 3.18. The zero-order valence-electron chi connectivity index (χ0n) is 12.2. The lowest BCUT2D eigenvalue weighted by Gasteiger charge is -2.06. The lowest BCUT2D eigenvalue weighted by atomic mass is 10.2. The number of thiazole rings is 2. The largest absolute Gasteiger partial charge is 0.431 e. The summed E-state index contributed by atoms with van der Waals surface area (Å²) in [6, 6.07) is 6.93. The molecule has 0 saturated carbocycles. The molecular weight excluding hydrogens is 346 g/mol. The van der Waals surface area contributed by atoms with E-state index in [-0.39, 0.29) is 5.91 Å². The number of carbonyl (C=O) groups is 1. The smallest absolute Gasteiger partial charge is 0.278 e. The Labute approximate surface area is 144 Å². The minimum atomic E-state index is -0.157. The molecule has 0 spiro atoms. The van der Waals surface area contributed by atoms with Crippen LogP contribution >= 0.6 is 22.7 Å². The van der Waals surface area contributed by atoms with Crippen molar-refractivity contribution in [3.8, 4) is 10.9 Å². The number of carbonyl (C=O) groups excluding carboxylic acids is 1. The molecule has 9 heteroatoms. The van der Waals surface area contributed by atoms with E-state index in [9.17, 15) is 4.79 Å². The van der Waals surface area contributed by atoms with Gasteiger partial charge >= 0.3 is 0 Å². The molecule has 4 rings (SSSR count). The van der Waals surface area contributed by atoms with Crippen LogP contribution in [0.4, 0.5) is 0 Å². The van der Waals surface area contributed by atoms with Gasteiger partial charge in [0.2, 0.25) is 4.96 Å². The van der Waals surface area contributed by atoms with Gasteiger partial charge in [-0.3, -0.25) is 4.79 Å². The van der Waals surface area contributed by atoms with Crippen molar-refractivity contribution >= 4 is 33.5 Å². The van der Waals surface area contributed by atoms with Crippen LogP contribution in [0.1, 0.15) is 16.1 Å². The van der Waals surface area contributed by atoms with Crippen molar-refractivity contribution in [2.75, 3.05) is 0 Å². The van der Waals surface area contributed by atoms with Gasteiger partial charge in [-0.05, 0) is 24.3 Å². The van der Waals surface area contributed by atoms with E-state index in [1.807, 2.05) is 10.8 Å². The predicted molar refractivity (Wildman–Crippen MR) is 90.7 cm³/mol. The first-order chi connectivity index (χ1) is 11.8. The second-order valence-corrected chi connectivity index (χ2v) is 6.48. The first-order valence-electron chi connectivity index (χ1n) is 7.01. The van der Waals surface area contributed by atoms with E-state index >= 15 is 0 Å². The Morgan fingerprint density at radius 2 is 2.08 bits per heavy atom. The third-order valence-corrected chi connectivity index (χ3v) is 4.78. The van der Waals surface area contributed by atoms with Crippen molar-refractivity contribution in [2.24, 2.45) is 0 Å². The summed E-state index contributed by atoms with van der Waals surface area (Å²) < 4.78 is 7.29. The Morgan fingerprint density at radius 3 is 2.88 bits per heavy atom. The summed E-state index contributed by atoms with van der Waals surface area (Å²) in [7, 11) is 0. The van der Waals surface area contributed by atoms with Crippen molar-refractivity contribution < 1.29 is 9.53 Å². The number of ether oxygens (including phenoxy) is 1. The van der Waals surface area contributed by atoms with Crippen LogP contribution in [0.3, 0.4) is 0 Å². The van der Waals surface area contributed by atoms with Gasteiger partial charge in [-0.15, -0.1) is 11.3 Å². The molecule has 1 amide bonds. The molecule has 3 aromatic heterocycles. The molecule has 120 valence electrons. The Bertz CT molecular complexity index is 960. The molecule has 0 aliphatic carbocycles. The zero-order valence-corrected chi connectivity index (χ0v) is 13.9. The van der Waals surface area contributed by atoms with Gasteiger partial charge in [-0.25, -0.2) is 14.5 Å². The molecule has 7 nitrogen and oxygen atoms in total. The summed E-state index contributed by atoms with van der Waals surface area (Å²) in [6.45, 7) is 0.388. The fourth-order valence-electron chi connectivity index (χ4n) is 2.10. The highest BCUT2D eigenvalue weighted by atomic mass is 32.1. The highest BCUT2D eigenvalue weighted by Gasteiger charge is 2.09. The van der Waals surface area contributed by atoms with Gasteiger partial charge in [0.05, 0.1) is 12.2 Å². The summed E-state index contributed by atoms with van der Waals surface area (Å²) in [5.74, 6) is 0.485. The van der Waals surface area contributed by atoms with Crippen LogP contribution < -0.4 is 10.1 Å². The number of amides is 1. The second kappa shape index (κ2) is 6.38. The number of fused-ring (bicyclic) bond motifs is 1. The number of benzene rings is 1. The summed E-state index contributed by atoms with van der Waals surface area (Å²) in [4.78, 5) is 21.2. The maximum absolute atomic E-state index is 12.2. The predicted octanol–water partition coefficient (Wildman–Crippen LogP) is 2.97. The number of aromatic nitrogens is 4. The van der Waals surface area contributed by atoms with Gasteiger partial charge in [-0.2, -0.15) is 5.10 Å². The Hall–Kier alpha value is -2.78. The van der Waals surface area contributed by atoms with Crippen molar-refractivity contribution in [2.45, 2.75) is 6.54 Å². The molecular formula is C15H11N5O2S2. The Kier molecular flexibility index (Phi) is 3.93. The molecule has 1 N–H and O–H groups in total. The quantitative estimate of drug-likeness (QED) is 0.594. The van der Waals surface area contributed by atoms with E-state index in [4.69, 9.17) is 4.74 Å². The van der Waals surface area contributed by atoms with Gasteiger partial charge in [-0.1, -0.05) is 11.3 Å². The maximum Gasteiger partial charge on any atom is 0.278 e. The third kappa shape index (κ3) is 2.99. The molecule has 3 heterocycles. The van der Waals surface area contributed by atoms with E-state index in [2.05, 4.69) is 20.4 Å². The molecule has 24 heavy (non-hydrogen) atoms. The van der Waals surface area contributed by atoms with Crippen LogP contribution in [0.5, 0.6) is 10.9 Å². The topological polar surface area (TPSA) is 81.4 Å². The number of nitrogens with one attached hydrogen (secondary N) is 1. The van der Waals surface area contributed by atoms with Gasteiger partial charge in [0.25, 0.3) is 11.1 Å². The SMILES string of the molecule is O=C(NCc1csc2ncnn12)c1ccc(Oc2nccs2)cc1. The average molecular weight is 357 g/mol. The molecule has 0 bridgehead atoms. The summed E-state index contributed by atoms with van der Waals surface area (Å²) in [5.41, 5.74) is 1.45. The molecule has 0 unspecified atom stereocenters. The van der Waals surface area contributed by atoms with Crippen molar-refractivity contribution in [1.29, 1.82) is 0 Å². The zero-order chi connectivity index (χ0) is 16.4. The minimum Gasteiger partial charge on any atom is -0.431 e. The molecule has 0 radical (unpaired) electrons. The van der Waals surface area contributed by atoms with Crippen LogP contribution in [0.2, 0.25) is 0 Å². The van der Waals surface area contributed by atoms with Crippen LogP contribution in [-0.4, -0.2) is 25.5 Å². The highest BCUT2D eigenvalue weighted by molar-refractivity contribution is 7.15. The van der Waals surface area contributed by atoms with Crippen LogP contribution in [0.25, 0.3) is 4.96 Å². The lowest BCUT2D eigenvalue weighted by molar-refractivity contribution is 0.0950. The first kappa shape index (κ1) is 14.8. The molecule has 0 aliphatic rings. The number of rotatable bonds is 5. The first-order valence-corrected chi connectivity index (χ1v) is 8.77. The average Bonchev–Trinajstić information content (AvgIpc) is 3.32. The van der Waals surface area contributed by atoms with Gasteiger partial charge in [0, 0.05) is 22.5 Å². The molecule has 0 aliphatic heterocycles. The minimum absolute atomic E-state index is 0.157. The van der Waals surface area contributed by atoms with E-state index in [1.165, 1.54) is 29.0 Å². The molecule has 4 aromatic rings. The van der Waals surface area contributed by atoms with Gasteiger partial charge in [0.15, 0.2) is 0 Å². The van der Waals surface area contributed by atoms with Crippen LogP contribution in [-0.2, 0) is 6.54 Å². The van der Waals surface area contributed by atoms with E-state index in [0.717, 1.165) is 10.7 Å². The highest BCUT2D eigenvalue weighted by Crippen LogP contribution is 2.23. The van der Waals surface area contributed by atoms with E-state index in [0.29, 0.717) is 23.1 Å². The molecule has 0 fully saturated rings. The van der Waals surface area contributed by atoms with Crippen molar-refractivity contribution in [3.63, 3.8) is 0 Å². The van der Waals surface area contributed by atoms with Gasteiger partial charge < -0.3 is 10.1 Å². The van der Waals surface area contributed by atoms with Gasteiger partial charge in [0.1, 0.15) is 12.1 Å². The number of hydrogen-bond donors (Lipinski definition) is 1. The molecule has 0 atom stereocenters. The Balaban J connectivity index is 1.40. The standard InChI is InChI=1S/C15H11N5O2S2/c21-13(17-7-11-8-24-14-18-9-19-20(11)14)10-1-3-12(4-2-10)22-15-16-5-6-23-15/h1-6,8-9H,7H2,(H,17,21). The normalized spacial score (nSPS) is 10.8. The number of nitrogens with zero attached hydrogens (tertiary/aromatic N) is 4. The Morgan fingerprint density at radius 1 is 1.21 bits per heavy atom. The molecule has 1 aromatic carbocycles.